The van der Waals surface area contributed by atoms with Crippen LogP contribution >= 0.6 is 11.3 Å². The Balaban J connectivity index is 1.53. The maximum absolute atomic E-state index is 12.4. The Morgan fingerprint density at radius 3 is 2.52 bits per heavy atom. The van der Waals surface area contributed by atoms with E-state index in [4.69, 9.17) is 0 Å². The first-order chi connectivity index (χ1) is 11.1. The van der Waals surface area contributed by atoms with Crippen molar-refractivity contribution < 1.29 is 9.90 Å². The molecule has 3 nitrogen and oxygen atoms in total. The zero-order chi connectivity index (χ0) is 16.2. The number of aliphatic hydroxyl groups is 1. The number of thiophene rings is 1. The van der Waals surface area contributed by atoms with Crippen molar-refractivity contribution in [2.75, 3.05) is 13.1 Å². The van der Waals surface area contributed by atoms with E-state index in [0.29, 0.717) is 6.42 Å². The molecule has 0 radical (unpaired) electrons. The fourth-order valence-electron chi connectivity index (χ4n) is 3.23. The van der Waals surface area contributed by atoms with Gasteiger partial charge in [-0.05, 0) is 43.4 Å². The van der Waals surface area contributed by atoms with Gasteiger partial charge in [0.2, 0.25) is 5.91 Å². The second-order valence-corrected chi connectivity index (χ2v) is 7.64. The molecule has 0 bridgehead atoms. The molecule has 3 rings (SSSR count). The molecule has 1 aliphatic rings. The highest BCUT2D eigenvalue weighted by atomic mass is 32.1. The Kier molecular flexibility index (Phi) is 5.13. The van der Waals surface area contributed by atoms with Crippen molar-refractivity contribution in [3.05, 3.63) is 57.8 Å². The summed E-state index contributed by atoms with van der Waals surface area (Å²) in [4.78, 5) is 16.7. The quantitative estimate of drug-likeness (QED) is 0.931. The van der Waals surface area contributed by atoms with Crippen LogP contribution in [0.25, 0.3) is 0 Å². The summed E-state index contributed by atoms with van der Waals surface area (Å²) in [6.45, 7) is 3.56. The van der Waals surface area contributed by atoms with Gasteiger partial charge in [-0.1, -0.05) is 30.3 Å². The molecule has 1 unspecified atom stereocenters. The molecule has 1 saturated heterocycles. The smallest absolute Gasteiger partial charge is 0.227 e. The van der Waals surface area contributed by atoms with E-state index in [1.807, 2.05) is 41.3 Å². The molecule has 1 fully saturated rings. The van der Waals surface area contributed by atoms with Gasteiger partial charge in [-0.25, -0.2) is 0 Å². The van der Waals surface area contributed by atoms with Crippen LogP contribution in [0.15, 0.2) is 42.5 Å². The number of likely N-dealkylation sites (tertiary alicyclic amines) is 1. The third-order valence-electron chi connectivity index (χ3n) is 4.60. The Morgan fingerprint density at radius 1 is 1.22 bits per heavy atom. The molecular formula is C19H23NO2S. The number of benzene rings is 1. The highest BCUT2D eigenvalue weighted by Crippen LogP contribution is 2.30. The number of carbonyl (C=O) groups is 1. The number of piperidine rings is 1. The predicted molar refractivity (Wildman–Crippen MR) is 93.5 cm³/mol. The van der Waals surface area contributed by atoms with Crippen LogP contribution in [0.3, 0.4) is 0 Å². The van der Waals surface area contributed by atoms with E-state index in [0.717, 1.165) is 36.4 Å². The van der Waals surface area contributed by atoms with E-state index in [1.165, 1.54) is 4.88 Å². The van der Waals surface area contributed by atoms with E-state index < -0.39 is 6.10 Å². The van der Waals surface area contributed by atoms with E-state index in [-0.39, 0.29) is 11.8 Å². The first-order valence-corrected chi connectivity index (χ1v) is 9.01. The molecule has 1 aromatic heterocycles. The molecule has 0 spiro atoms. The molecule has 1 amide bonds. The molecular weight excluding hydrogens is 306 g/mol. The summed E-state index contributed by atoms with van der Waals surface area (Å²) in [5.41, 5.74) is 0.978. The predicted octanol–water partition coefficient (Wildman–Crippen LogP) is 3.57. The van der Waals surface area contributed by atoms with Gasteiger partial charge in [0, 0.05) is 22.8 Å². The summed E-state index contributed by atoms with van der Waals surface area (Å²) >= 11 is 1.70. The van der Waals surface area contributed by atoms with Crippen LogP contribution < -0.4 is 0 Å². The van der Waals surface area contributed by atoms with E-state index in [9.17, 15) is 9.90 Å². The van der Waals surface area contributed by atoms with Crippen LogP contribution in [0.4, 0.5) is 0 Å². The fraction of sp³-hybridized carbons (Fsp3) is 0.421. The van der Waals surface area contributed by atoms with Crippen LogP contribution in [0.1, 0.15) is 34.3 Å². The molecule has 23 heavy (non-hydrogen) atoms. The highest BCUT2D eigenvalue weighted by Gasteiger charge is 2.28. The van der Waals surface area contributed by atoms with Gasteiger partial charge in [-0.2, -0.15) is 0 Å². The van der Waals surface area contributed by atoms with Crippen LogP contribution in [0.2, 0.25) is 0 Å². The average molecular weight is 329 g/mol. The Morgan fingerprint density at radius 2 is 1.91 bits per heavy atom. The molecule has 1 aromatic carbocycles. The summed E-state index contributed by atoms with van der Waals surface area (Å²) < 4.78 is 0. The largest absolute Gasteiger partial charge is 0.388 e. The van der Waals surface area contributed by atoms with Crippen LogP contribution in [-0.2, 0) is 11.2 Å². The maximum atomic E-state index is 12.4. The lowest BCUT2D eigenvalue weighted by Crippen LogP contribution is -2.40. The number of aliphatic hydroxyl groups excluding tert-OH is 1. The molecule has 0 aliphatic carbocycles. The van der Waals surface area contributed by atoms with E-state index >= 15 is 0 Å². The summed E-state index contributed by atoms with van der Waals surface area (Å²) in [6, 6.07) is 13.9. The Labute approximate surface area is 141 Å². The van der Waals surface area contributed by atoms with Gasteiger partial charge in [0.1, 0.15) is 0 Å². The zero-order valence-corrected chi connectivity index (χ0v) is 14.3. The Hall–Kier alpha value is -1.65. The Bertz CT molecular complexity index is 644. The van der Waals surface area contributed by atoms with Crippen molar-refractivity contribution in [2.45, 2.75) is 32.3 Å². The van der Waals surface area contributed by atoms with Crippen molar-refractivity contribution in [3.63, 3.8) is 0 Å². The van der Waals surface area contributed by atoms with Crippen molar-refractivity contribution in [3.8, 4) is 0 Å². The van der Waals surface area contributed by atoms with Gasteiger partial charge in [0.25, 0.3) is 0 Å². The monoisotopic (exact) mass is 329 g/mol. The molecule has 1 atom stereocenters. The number of hydrogen-bond acceptors (Lipinski definition) is 3. The third-order valence-corrected chi connectivity index (χ3v) is 5.60. The first kappa shape index (κ1) is 16.2. The molecule has 122 valence electrons. The lowest BCUT2D eigenvalue weighted by Gasteiger charge is -2.34. The third kappa shape index (κ3) is 4.01. The molecule has 1 aliphatic heterocycles. The summed E-state index contributed by atoms with van der Waals surface area (Å²) in [5, 5.41) is 10.5. The van der Waals surface area contributed by atoms with Crippen LogP contribution in [-0.4, -0.2) is 29.0 Å². The number of nitrogens with zero attached hydrogens (tertiary/aromatic N) is 1. The molecule has 2 heterocycles. The lowest BCUT2D eigenvalue weighted by atomic mass is 9.87. The molecule has 4 heteroatoms. The van der Waals surface area contributed by atoms with Crippen molar-refractivity contribution in [1.82, 2.24) is 4.90 Å². The number of amides is 1. The van der Waals surface area contributed by atoms with Gasteiger partial charge >= 0.3 is 0 Å². The van der Waals surface area contributed by atoms with Gasteiger partial charge < -0.3 is 10.0 Å². The normalized spacial score (nSPS) is 17.2. The topological polar surface area (TPSA) is 40.5 Å². The minimum atomic E-state index is -0.423. The highest BCUT2D eigenvalue weighted by molar-refractivity contribution is 7.12. The molecule has 0 saturated carbocycles. The second kappa shape index (κ2) is 7.28. The number of carbonyl (C=O) groups excluding carboxylic acids is 1. The first-order valence-electron chi connectivity index (χ1n) is 8.19. The molecule has 1 N–H and O–H groups in total. The zero-order valence-electron chi connectivity index (χ0n) is 13.4. The van der Waals surface area contributed by atoms with Crippen molar-refractivity contribution in [2.24, 2.45) is 5.92 Å². The minimum absolute atomic E-state index is 0.208. The van der Waals surface area contributed by atoms with Gasteiger partial charge in [-0.3, -0.25) is 4.79 Å². The van der Waals surface area contributed by atoms with Crippen LogP contribution in [0, 0.1) is 12.8 Å². The number of hydrogen-bond donors (Lipinski definition) is 1. The van der Waals surface area contributed by atoms with E-state index in [2.05, 4.69) is 13.0 Å². The van der Waals surface area contributed by atoms with E-state index in [1.54, 1.807) is 11.3 Å². The van der Waals surface area contributed by atoms with Crippen LogP contribution in [0.5, 0.6) is 0 Å². The fourth-order valence-corrected chi connectivity index (χ4v) is 4.11. The van der Waals surface area contributed by atoms with Gasteiger partial charge in [0.05, 0.1) is 12.5 Å². The molecule has 2 aromatic rings. The lowest BCUT2D eigenvalue weighted by molar-refractivity contribution is -0.132. The SMILES string of the molecule is Cc1ccc(CC(=O)N2CCC(C(O)c3ccccc3)CC2)s1. The maximum Gasteiger partial charge on any atom is 0.227 e. The second-order valence-electron chi connectivity index (χ2n) is 6.26. The number of rotatable bonds is 4. The standard InChI is InChI=1S/C19H23NO2S/c1-14-7-8-17(23-14)13-18(21)20-11-9-16(10-12-20)19(22)15-5-3-2-4-6-15/h2-8,16,19,22H,9-13H2,1H3. The number of aryl methyl sites for hydroxylation is 1. The summed E-state index contributed by atoms with van der Waals surface area (Å²) in [6.07, 6.45) is 1.81. The van der Waals surface area contributed by atoms with Crippen molar-refractivity contribution >= 4 is 17.2 Å². The summed E-state index contributed by atoms with van der Waals surface area (Å²) in [7, 11) is 0. The average Bonchev–Trinajstić information content (AvgIpc) is 3.00. The minimum Gasteiger partial charge on any atom is -0.388 e. The summed E-state index contributed by atoms with van der Waals surface area (Å²) in [5.74, 6) is 0.449. The van der Waals surface area contributed by atoms with Crippen molar-refractivity contribution in [1.29, 1.82) is 0 Å². The van der Waals surface area contributed by atoms with Gasteiger partial charge in [-0.15, -0.1) is 11.3 Å². The van der Waals surface area contributed by atoms with Gasteiger partial charge in [0.15, 0.2) is 0 Å².